The number of carbonyl (C=O) groups excluding carboxylic acids is 2. The van der Waals surface area contributed by atoms with Gasteiger partial charge in [0.15, 0.2) is 0 Å². The molecule has 0 aromatic carbocycles. The van der Waals surface area contributed by atoms with Crippen LogP contribution in [0.5, 0.6) is 0 Å². The number of nitrogens with zero attached hydrogens (tertiary/aromatic N) is 4. The van der Waals surface area contributed by atoms with Gasteiger partial charge in [-0.05, 0) is 45.1 Å². The minimum Gasteiger partial charge on any atom is -0.361 e. The lowest BCUT2D eigenvalue weighted by molar-refractivity contribution is -0.140. The second-order valence-corrected chi connectivity index (χ2v) is 10.1. The number of amides is 2. The first-order chi connectivity index (χ1) is 15.0. The molecule has 3 aliphatic rings. The Morgan fingerprint density at radius 2 is 1.81 bits per heavy atom. The lowest BCUT2D eigenvalue weighted by atomic mass is 9.80. The number of rotatable bonds is 6. The Labute approximate surface area is 186 Å². The first-order valence-electron chi connectivity index (χ1n) is 12.1. The zero-order valence-electron chi connectivity index (χ0n) is 19.3. The predicted octanol–water partition coefficient (Wildman–Crippen LogP) is 3.06. The van der Waals surface area contributed by atoms with Gasteiger partial charge in [-0.2, -0.15) is 0 Å². The highest BCUT2D eigenvalue weighted by Gasteiger charge is 2.47. The molecule has 7 nitrogen and oxygen atoms in total. The molecule has 1 atom stereocenters. The largest absolute Gasteiger partial charge is 0.361 e. The molecule has 0 spiro atoms. The van der Waals surface area contributed by atoms with Crippen LogP contribution in [0.15, 0.2) is 10.6 Å². The molecule has 0 unspecified atom stereocenters. The van der Waals surface area contributed by atoms with E-state index in [1.807, 2.05) is 19.0 Å². The van der Waals surface area contributed by atoms with Crippen LogP contribution in [0.25, 0.3) is 0 Å². The monoisotopic (exact) mass is 430 g/mol. The van der Waals surface area contributed by atoms with Crippen molar-refractivity contribution in [3.8, 4) is 0 Å². The number of likely N-dealkylation sites (tertiary alicyclic amines) is 2. The number of carbonyl (C=O) groups is 2. The molecule has 1 saturated carbocycles. The Hall–Kier alpha value is -1.89. The molecule has 3 fully saturated rings. The molecule has 7 heteroatoms. The van der Waals surface area contributed by atoms with E-state index in [0.717, 1.165) is 50.4 Å². The molecule has 1 aromatic heterocycles. The Kier molecular flexibility index (Phi) is 6.99. The first kappa shape index (κ1) is 22.3. The molecule has 0 N–H and O–H groups in total. The standard InChI is InChI=1S/C24H38N4O3/c1-26(2)23(30)24(16-20-15-21(25-31-20)19-9-5-3-6-10-19)11-14-27(18-24)17-22(29)28-12-7-4-8-13-28/h15,19H,3-14,16-18H2,1-2H3/t24-/m1/s1. The summed E-state index contributed by atoms with van der Waals surface area (Å²) in [5, 5.41) is 4.37. The average Bonchev–Trinajstić information content (AvgIpc) is 3.42. The van der Waals surface area contributed by atoms with E-state index in [1.165, 1.54) is 38.5 Å². The van der Waals surface area contributed by atoms with Gasteiger partial charge in [0.1, 0.15) is 5.76 Å². The summed E-state index contributed by atoms with van der Waals surface area (Å²) in [4.78, 5) is 31.9. The Bertz CT molecular complexity index is 765. The molecular weight excluding hydrogens is 392 g/mol. The lowest BCUT2D eigenvalue weighted by Gasteiger charge is -2.31. The van der Waals surface area contributed by atoms with Crippen LogP contribution < -0.4 is 0 Å². The maximum absolute atomic E-state index is 13.3. The van der Waals surface area contributed by atoms with Crippen LogP contribution in [0.4, 0.5) is 0 Å². The van der Waals surface area contributed by atoms with Crippen LogP contribution in [0, 0.1) is 5.41 Å². The predicted molar refractivity (Wildman–Crippen MR) is 119 cm³/mol. The topological polar surface area (TPSA) is 69.9 Å². The second kappa shape index (κ2) is 9.72. The number of hydrogen-bond donors (Lipinski definition) is 0. The highest BCUT2D eigenvalue weighted by Crippen LogP contribution is 2.38. The lowest BCUT2D eigenvalue weighted by Crippen LogP contribution is -2.46. The van der Waals surface area contributed by atoms with Gasteiger partial charge in [0.2, 0.25) is 11.8 Å². The van der Waals surface area contributed by atoms with Crippen molar-refractivity contribution in [2.24, 2.45) is 5.41 Å². The Morgan fingerprint density at radius 1 is 1.10 bits per heavy atom. The van der Waals surface area contributed by atoms with Gasteiger partial charge < -0.3 is 14.3 Å². The van der Waals surface area contributed by atoms with Gasteiger partial charge in [0.05, 0.1) is 17.7 Å². The molecule has 172 valence electrons. The van der Waals surface area contributed by atoms with Gasteiger partial charge in [-0.3, -0.25) is 14.5 Å². The minimum atomic E-state index is -0.547. The minimum absolute atomic E-state index is 0.121. The van der Waals surface area contributed by atoms with E-state index in [4.69, 9.17) is 4.52 Å². The highest BCUT2D eigenvalue weighted by atomic mass is 16.5. The summed E-state index contributed by atoms with van der Waals surface area (Å²) in [5.41, 5.74) is 0.506. The van der Waals surface area contributed by atoms with Crippen LogP contribution in [0.1, 0.15) is 75.2 Å². The fraction of sp³-hybridized carbons (Fsp3) is 0.792. The maximum atomic E-state index is 13.3. The van der Waals surface area contributed by atoms with Crippen molar-refractivity contribution in [3.63, 3.8) is 0 Å². The number of aromatic nitrogens is 1. The van der Waals surface area contributed by atoms with Crippen LogP contribution in [-0.2, 0) is 16.0 Å². The molecule has 4 rings (SSSR count). The zero-order chi connectivity index (χ0) is 21.8. The van der Waals surface area contributed by atoms with Crippen LogP contribution in [0.3, 0.4) is 0 Å². The smallest absolute Gasteiger partial charge is 0.236 e. The zero-order valence-corrected chi connectivity index (χ0v) is 19.3. The van der Waals surface area contributed by atoms with Crippen molar-refractivity contribution in [1.29, 1.82) is 0 Å². The van der Waals surface area contributed by atoms with Crippen molar-refractivity contribution in [2.45, 2.75) is 70.1 Å². The molecule has 2 aliphatic heterocycles. The summed E-state index contributed by atoms with van der Waals surface area (Å²) in [5.74, 6) is 1.62. The summed E-state index contributed by atoms with van der Waals surface area (Å²) < 4.78 is 5.73. The molecule has 0 radical (unpaired) electrons. The molecule has 2 amide bonds. The maximum Gasteiger partial charge on any atom is 0.236 e. The molecule has 3 heterocycles. The summed E-state index contributed by atoms with van der Waals surface area (Å²) in [7, 11) is 3.64. The van der Waals surface area contributed by atoms with Crippen LogP contribution in [-0.4, -0.2) is 78.5 Å². The molecule has 0 bridgehead atoms. The molecule has 1 aliphatic carbocycles. The highest BCUT2D eigenvalue weighted by molar-refractivity contribution is 5.84. The van der Waals surface area contributed by atoms with Gasteiger partial charge in [-0.15, -0.1) is 0 Å². The van der Waals surface area contributed by atoms with Gasteiger partial charge >= 0.3 is 0 Å². The molecular formula is C24H38N4O3. The first-order valence-corrected chi connectivity index (χ1v) is 12.1. The summed E-state index contributed by atoms with van der Waals surface area (Å²) in [6.07, 6.45) is 10.9. The average molecular weight is 431 g/mol. The van der Waals surface area contributed by atoms with Crippen molar-refractivity contribution < 1.29 is 14.1 Å². The van der Waals surface area contributed by atoms with E-state index in [0.29, 0.717) is 25.4 Å². The van der Waals surface area contributed by atoms with Gasteiger partial charge in [0, 0.05) is 52.1 Å². The second-order valence-electron chi connectivity index (χ2n) is 10.1. The third kappa shape index (κ3) is 5.13. The SMILES string of the molecule is CN(C)C(=O)[C@@]1(Cc2cc(C3CCCCC3)no2)CCN(CC(=O)N2CCCCC2)C1. The summed E-state index contributed by atoms with van der Waals surface area (Å²) >= 11 is 0. The van der Waals surface area contributed by atoms with E-state index in [-0.39, 0.29) is 11.8 Å². The van der Waals surface area contributed by atoms with E-state index >= 15 is 0 Å². The van der Waals surface area contributed by atoms with Crippen molar-refractivity contribution in [1.82, 2.24) is 19.9 Å². The summed E-state index contributed by atoms with van der Waals surface area (Å²) in [6, 6.07) is 2.09. The fourth-order valence-electron chi connectivity index (χ4n) is 5.73. The van der Waals surface area contributed by atoms with Gasteiger partial charge in [-0.1, -0.05) is 24.4 Å². The third-order valence-electron chi connectivity index (χ3n) is 7.47. The Morgan fingerprint density at radius 3 is 2.52 bits per heavy atom. The van der Waals surface area contributed by atoms with Crippen molar-refractivity contribution >= 4 is 11.8 Å². The normalized spacial score (nSPS) is 25.7. The molecule has 1 aromatic rings. The Balaban J connectivity index is 1.43. The molecule has 2 saturated heterocycles. The quantitative estimate of drug-likeness (QED) is 0.694. The van der Waals surface area contributed by atoms with Gasteiger partial charge in [0.25, 0.3) is 0 Å². The fourth-order valence-corrected chi connectivity index (χ4v) is 5.73. The number of hydrogen-bond acceptors (Lipinski definition) is 5. The number of piperidine rings is 1. The third-order valence-corrected chi connectivity index (χ3v) is 7.47. The van der Waals surface area contributed by atoms with E-state index < -0.39 is 5.41 Å². The van der Waals surface area contributed by atoms with E-state index in [2.05, 4.69) is 16.1 Å². The van der Waals surface area contributed by atoms with Crippen LogP contribution >= 0.6 is 0 Å². The van der Waals surface area contributed by atoms with E-state index in [9.17, 15) is 9.59 Å². The van der Waals surface area contributed by atoms with Crippen molar-refractivity contribution in [2.75, 3.05) is 46.8 Å². The summed E-state index contributed by atoms with van der Waals surface area (Å²) in [6.45, 7) is 3.52. The van der Waals surface area contributed by atoms with Gasteiger partial charge in [-0.25, -0.2) is 0 Å². The van der Waals surface area contributed by atoms with Crippen LogP contribution in [0.2, 0.25) is 0 Å². The van der Waals surface area contributed by atoms with E-state index in [1.54, 1.807) is 4.90 Å². The molecule has 31 heavy (non-hydrogen) atoms. The van der Waals surface area contributed by atoms with Crippen molar-refractivity contribution in [3.05, 3.63) is 17.5 Å².